The zero-order valence-electron chi connectivity index (χ0n) is 12.4. The van der Waals surface area contributed by atoms with E-state index in [-0.39, 0.29) is 10.7 Å². The molecule has 1 aliphatic rings. The molecule has 8 heteroatoms. The van der Waals surface area contributed by atoms with Crippen LogP contribution < -0.4 is 5.01 Å². The lowest BCUT2D eigenvalue weighted by Gasteiger charge is -2.25. The Kier molecular flexibility index (Phi) is 3.61. The Balaban J connectivity index is 2.25. The number of aryl methyl sites for hydroxylation is 1. The standard InChI is InChI=1S/C15H13N3O4S/c1-10-5-7-11(8-6-10)18-13-12(4-3-9-16-13)23(20,21)14(17-18)15(19)22-2/h3-9H,1-2H3. The Morgan fingerprint density at radius 2 is 1.87 bits per heavy atom. The molecule has 3 rings (SSSR count). The topological polar surface area (TPSA) is 88.9 Å². The van der Waals surface area contributed by atoms with Gasteiger partial charge in [0.15, 0.2) is 5.82 Å². The predicted molar refractivity (Wildman–Crippen MR) is 84.2 cm³/mol. The molecule has 0 unspecified atom stereocenters. The first-order valence-corrected chi connectivity index (χ1v) is 8.17. The van der Waals surface area contributed by atoms with Crippen molar-refractivity contribution in [3.05, 3.63) is 48.2 Å². The van der Waals surface area contributed by atoms with Crippen molar-refractivity contribution in [2.24, 2.45) is 5.10 Å². The second-order valence-corrected chi connectivity index (χ2v) is 6.71. The van der Waals surface area contributed by atoms with Gasteiger partial charge in [0.25, 0.3) is 5.04 Å². The molecule has 23 heavy (non-hydrogen) atoms. The van der Waals surface area contributed by atoms with E-state index in [0.717, 1.165) is 12.7 Å². The third-order valence-corrected chi connectivity index (χ3v) is 4.98. The van der Waals surface area contributed by atoms with Gasteiger partial charge in [0.2, 0.25) is 9.84 Å². The highest BCUT2D eigenvalue weighted by molar-refractivity contribution is 8.08. The lowest BCUT2D eigenvalue weighted by atomic mass is 10.2. The zero-order chi connectivity index (χ0) is 16.6. The lowest BCUT2D eigenvalue weighted by molar-refractivity contribution is -0.132. The van der Waals surface area contributed by atoms with E-state index in [1.807, 2.05) is 19.1 Å². The van der Waals surface area contributed by atoms with Crippen LogP contribution in [-0.4, -0.2) is 31.5 Å². The molecule has 0 fully saturated rings. The van der Waals surface area contributed by atoms with Crippen LogP contribution in [0.25, 0.3) is 0 Å². The molecule has 7 nitrogen and oxygen atoms in total. The number of hydrazone groups is 1. The van der Waals surface area contributed by atoms with Crippen LogP contribution in [0.4, 0.5) is 11.5 Å². The molecule has 0 atom stereocenters. The lowest BCUT2D eigenvalue weighted by Crippen LogP contribution is -2.34. The van der Waals surface area contributed by atoms with Crippen LogP contribution in [0.1, 0.15) is 5.56 Å². The molecule has 0 radical (unpaired) electrons. The molecule has 0 N–H and O–H groups in total. The summed E-state index contributed by atoms with van der Waals surface area (Å²) in [6.07, 6.45) is 1.47. The highest BCUT2D eigenvalue weighted by Crippen LogP contribution is 2.35. The molecule has 1 aromatic carbocycles. The van der Waals surface area contributed by atoms with E-state index < -0.39 is 20.9 Å². The molecule has 2 aromatic rings. The van der Waals surface area contributed by atoms with Crippen LogP contribution in [0.15, 0.2) is 52.6 Å². The van der Waals surface area contributed by atoms with Crippen LogP contribution in [0.3, 0.4) is 0 Å². The van der Waals surface area contributed by atoms with Gasteiger partial charge < -0.3 is 4.74 Å². The number of carbonyl (C=O) groups excluding carboxylic acids is 1. The van der Waals surface area contributed by atoms with Crippen LogP contribution in [0.2, 0.25) is 0 Å². The zero-order valence-corrected chi connectivity index (χ0v) is 13.2. The van der Waals surface area contributed by atoms with Crippen molar-refractivity contribution in [1.29, 1.82) is 0 Å². The van der Waals surface area contributed by atoms with Crippen molar-refractivity contribution in [2.45, 2.75) is 11.8 Å². The summed E-state index contributed by atoms with van der Waals surface area (Å²) < 4.78 is 29.6. The highest BCUT2D eigenvalue weighted by Gasteiger charge is 2.39. The summed E-state index contributed by atoms with van der Waals surface area (Å²) in [6, 6.07) is 10.1. The van der Waals surface area contributed by atoms with E-state index in [9.17, 15) is 13.2 Å². The average molecular weight is 331 g/mol. The Labute approximate surface area is 133 Å². The quantitative estimate of drug-likeness (QED) is 0.780. The molecular weight excluding hydrogens is 318 g/mol. The molecule has 118 valence electrons. The van der Waals surface area contributed by atoms with E-state index in [0.29, 0.717) is 5.69 Å². The number of ether oxygens (including phenoxy) is 1. The smallest absolute Gasteiger partial charge is 0.370 e. The average Bonchev–Trinajstić information content (AvgIpc) is 2.55. The van der Waals surface area contributed by atoms with Crippen molar-refractivity contribution in [3.63, 3.8) is 0 Å². The first kappa shape index (κ1) is 15.2. The molecule has 2 heterocycles. The van der Waals surface area contributed by atoms with E-state index >= 15 is 0 Å². The molecule has 1 aliphatic heterocycles. The number of methoxy groups -OCH3 is 1. The SMILES string of the molecule is COC(=O)C1=NN(c2ccc(C)cc2)c2ncccc2S1(=O)=O. The normalized spacial score (nSPS) is 15.6. The maximum absolute atomic E-state index is 12.5. The maximum atomic E-state index is 12.5. The summed E-state index contributed by atoms with van der Waals surface area (Å²) in [7, 11) is -2.97. The van der Waals surface area contributed by atoms with Gasteiger partial charge in [0.05, 0.1) is 12.8 Å². The number of nitrogens with zero attached hydrogens (tertiary/aromatic N) is 3. The Bertz CT molecular complexity index is 905. The van der Waals surface area contributed by atoms with Crippen LogP contribution in [0.5, 0.6) is 0 Å². The van der Waals surface area contributed by atoms with Gasteiger partial charge in [-0.05, 0) is 31.2 Å². The van der Waals surface area contributed by atoms with Gasteiger partial charge in [0.1, 0.15) is 4.90 Å². The number of sulfone groups is 1. The molecule has 0 saturated heterocycles. The number of carbonyl (C=O) groups is 1. The fraction of sp³-hybridized carbons (Fsp3) is 0.133. The molecule has 0 bridgehead atoms. The third-order valence-electron chi connectivity index (χ3n) is 3.32. The van der Waals surface area contributed by atoms with Crippen molar-refractivity contribution >= 4 is 32.4 Å². The molecule has 1 aromatic heterocycles. The largest absolute Gasteiger partial charge is 0.464 e. The minimum absolute atomic E-state index is 0.0871. The van der Waals surface area contributed by atoms with Crippen molar-refractivity contribution in [2.75, 3.05) is 12.1 Å². The van der Waals surface area contributed by atoms with Gasteiger partial charge in [-0.15, -0.1) is 5.10 Å². The molecule has 0 saturated carbocycles. The van der Waals surface area contributed by atoms with Crippen molar-refractivity contribution in [1.82, 2.24) is 4.98 Å². The number of hydrogen-bond acceptors (Lipinski definition) is 7. The number of esters is 1. The fourth-order valence-electron chi connectivity index (χ4n) is 2.15. The minimum Gasteiger partial charge on any atom is -0.464 e. The van der Waals surface area contributed by atoms with Gasteiger partial charge >= 0.3 is 5.97 Å². The number of hydrogen-bond donors (Lipinski definition) is 0. The summed E-state index contributed by atoms with van der Waals surface area (Å²) in [6.45, 7) is 1.93. The highest BCUT2D eigenvalue weighted by atomic mass is 32.2. The number of rotatable bonds is 2. The second kappa shape index (κ2) is 5.47. The summed E-state index contributed by atoms with van der Waals surface area (Å²) in [5.41, 5.74) is 1.63. The molecule has 0 amide bonds. The fourth-order valence-corrected chi connectivity index (χ4v) is 3.49. The Morgan fingerprint density at radius 3 is 2.52 bits per heavy atom. The summed E-state index contributed by atoms with van der Waals surface area (Å²) in [4.78, 5) is 15.9. The summed E-state index contributed by atoms with van der Waals surface area (Å²) in [5, 5.41) is 4.63. The molecule has 0 aliphatic carbocycles. The monoisotopic (exact) mass is 331 g/mol. The molecule has 0 spiro atoms. The van der Waals surface area contributed by atoms with Gasteiger partial charge in [-0.2, -0.15) is 0 Å². The number of fused-ring (bicyclic) bond motifs is 1. The van der Waals surface area contributed by atoms with Gasteiger partial charge in [-0.3, -0.25) is 0 Å². The Morgan fingerprint density at radius 1 is 1.17 bits per heavy atom. The van der Waals surface area contributed by atoms with Crippen molar-refractivity contribution < 1.29 is 17.9 Å². The number of anilines is 2. The van der Waals surface area contributed by atoms with E-state index in [4.69, 9.17) is 0 Å². The second-order valence-electron chi connectivity index (χ2n) is 4.87. The predicted octanol–water partition coefficient (Wildman–Crippen LogP) is 1.80. The number of pyridine rings is 1. The first-order valence-electron chi connectivity index (χ1n) is 6.69. The minimum atomic E-state index is -4.07. The van der Waals surface area contributed by atoms with Crippen LogP contribution in [0, 0.1) is 6.92 Å². The van der Waals surface area contributed by atoms with Crippen LogP contribution in [-0.2, 0) is 19.4 Å². The Hall–Kier alpha value is -2.74. The van der Waals surface area contributed by atoms with Gasteiger partial charge in [0, 0.05) is 6.20 Å². The summed E-state index contributed by atoms with van der Waals surface area (Å²) >= 11 is 0. The molecular formula is C15H13N3O4S. The number of aromatic nitrogens is 1. The maximum Gasteiger partial charge on any atom is 0.370 e. The van der Waals surface area contributed by atoms with Gasteiger partial charge in [-0.1, -0.05) is 17.7 Å². The van der Waals surface area contributed by atoms with Gasteiger partial charge in [-0.25, -0.2) is 23.2 Å². The van der Waals surface area contributed by atoms with E-state index in [1.54, 1.807) is 12.1 Å². The van der Waals surface area contributed by atoms with Crippen LogP contribution >= 0.6 is 0 Å². The first-order chi connectivity index (χ1) is 10.9. The van der Waals surface area contributed by atoms with Crippen molar-refractivity contribution in [3.8, 4) is 0 Å². The third kappa shape index (κ3) is 2.46. The van der Waals surface area contributed by atoms with E-state index in [1.165, 1.54) is 23.3 Å². The van der Waals surface area contributed by atoms with E-state index in [2.05, 4.69) is 14.8 Å². The summed E-state index contributed by atoms with van der Waals surface area (Å²) in [5.74, 6) is -0.874. The number of benzene rings is 1.